The topological polar surface area (TPSA) is 81.4 Å². The number of nitrogens with two attached hydrogens (primary N) is 1. The van der Waals surface area contributed by atoms with E-state index in [0.717, 1.165) is 19.3 Å². The van der Waals surface area contributed by atoms with E-state index >= 15 is 0 Å². The summed E-state index contributed by atoms with van der Waals surface area (Å²) in [5.74, 6) is -0.120. The molecular weight excluding hydrogens is 244 g/mol. The van der Waals surface area contributed by atoms with E-state index in [0.29, 0.717) is 12.3 Å². The summed E-state index contributed by atoms with van der Waals surface area (Å²) in [7, 11) is 0. The summed E-state index contributed by atoms with van der Waals surface area (Å²) in [5, 5.41) is 2.59. The monoisotopic (exact) mass is 270 g/mol. The smallest absolute Gasteiger partial charge is 0.249 e. The molecule has 110 valence electrons. The van der Waals surface area contributed by atoms with Crippen molar-refractivity contribution in [1.82, 2.24) is 5.32 Å². The Labute approximate surface area is 115 Å². The van der Waals surface area contributed by atoms with E-state index in [2.05, 4.69) is 12.2 Å². The zero-order chi connectivity index (χ0) is 14.4. The molecule has 0 aromatic rings. The van der Waals surface area contributed by atoms with Gasteiger partial charge >= 0.3 is 0 Å². The summed E-state index contributed by atoms with van der Waals surface area (Å²) in [6.45, 7) is 5.70. The van der Waals surface area contributed by atoms with Crippen molar-refractivity contribution in [2.24, 2.45) is 11.7 Å². The Morgan fingerprint density at radius 1 is 1.42 bits per heavy atom. The van der Waals surface area contributed by atoms with Gasteiger partial charge in [0.2, 0.25) is 11.8 Å². The van der Waals surface area contributed by atoms with Crippen molar-refractivity contribution in [1.29, 1.82) is 0 Å². The van der Waals surface area contributed by atoms with Crippen molar-refractivity contribution in [2.75, 3.05) is 0 Å². The van der Waals surface area contributed by atoms with Crippen LogP contribution >= 0.6 is 0 Å². The van der Waals surface area contributed by atoms with Gasteiger partial charge in [0.05, 0.1) is 6.10 Å². The summed E-state index contributed by atoms with van der Waals surface area (Å²) < 4.78 is 5.89. The fourth-order valence-electron chi connectivity index (χ4n) is 2.46. The highest BCUT2D eigenvalue weighted by atomic mass is 16.5. The average Bonchev–Trinajstić information content (AvgIpc) is 2.35. The number of amides is 2. The third kappa shape index (κ3) is 5.19. The van der Waals surface area contributed by atoms with Gasteiger partial charge in [-0.05, 0) is 32.1 Å². The van der Waals surface area contributed by atoms with Crippen LogP contribution in [0.5, 0.6) is 0 Å². The lowest BCUT2D eigenvalue weighted by atomic mass is 9.88. The van der Waals surface area contributed by atoms with Crippen LogP contribution in [0.2, 0.25) is 0 Å². The molecule has 0 radical (unpaired) electrons. The molecule has 0 aromatic heterocycles. The molecule has 5 nitrogen and oxygen atoms in total. The lowest BCUT2D eigenvalue weighted by Gasteiger charge is -2.30. The van der Waals surface area contributed by atoms with Crippen LogP contribution in [0.4, 0.5) is 0 Å². The second kappa shape index (κ2) is 7.48. The Morgan fingerprint density at radius 2 is 2.11 bits per heavy atom. The lowest BCUT2D eigenvalue weighted by Crippen LogP contribution is -2.47. The predicted molar refractivity (Wildman–Crippen MR) is 73.4 cm³/mol. The second-order valence-corrected chi connectivity index (χ2v) is 5.56. The largest absolute Gasteiger partial charge is 0.368 e. The van der Waals surface area contributed by atoms with Gasteiger partial charge in [-0.2, -0.15) is 0 Å². The molecule has 3 N–H and O–H groups in total. The van der Waals surface area contributed by atoms with E-state index in [1.807, 2.05) is 6.92 Å². The van der Waals surface area contributed by atoms with E-state index in [1.54, 1.807) is 6.92 Å². The predicted octanol–water partition coefficient (Wildman–Crippen LogP) is 1.35. The molecule has 1 saturated carbocycles. The van der Waals surface area contributed by atoms with Gasteiger partial charge in [0.25, 0.3) is 0 Å². The minimum atomic E-state index is -0.657. The highest BCUT2D eigenvalue weighted by molar-refractivity contribution is 5.88. The van der Waals surface area contributed by atoms with Crippen LogP contribution in [-0.2, 0) is 14.3 Å². The molecule has 0 unspecified atom stereocenters. The Balaban J connectivity index is 2.47. The van der Waals surface area contributed by atoms with Crippen molar-refractivity contribution >= 4 is 11.8 Å². The first kappa shape index (κ1) is 16.0. The maximum Gasteiger partial charge on any atom is 0.249 e. The first-order chi connectivity index (χ1) is 8.93. The molecule has 0 aliphatic heterocycles. The van der Waals surface area contributed by atoms with E-state index in [9.17, 15) is 9.59 Å². The lowest BCUT2D eigenvalue weighted by molar-refractivity contribution is -0.141. The summed E-state index contributed by atoms with van der Waals surface area (Å²) in [5.41, 5.74) is 5.13. The number of primary amides is 1. The summed E-state index contributed by atoms with van der Waals surface area (Å²) in [4.78, 5) is 22.9. The molecule has 1 rings (SSSR count). The SMILES string of the molecule is CC[C@H](O[C@@H]1CCC[C@@H](C)C1)C(=O)N[C@@H](C)C(N)=O. The standard InChI is InChI=1S/C14H26N2O3/c1-4-12(14(18)16-10(3)13(15)17)19-11-7-5-6-9(2)8-11/h9-12H,4-8H2,1-3H3,(H2,15,17)(H,16,18)/t9-,10+,11-,12+/m1/s1. The van der Waals surface area contributed by atoms with Crippen LogP contribution in [0.25, 0.3) is 0 Å². The number of ether oxygens (including phenoxy) is 1. The fraction of sp³-hybridized carbons (Fsp3) is 0.857. The van der Waals surface area contributed by atoms with Crippen LogP contribution in [0.3, 0.4) is 0 Å². The van der Waals surface area contributed by atoms with Gasteiger partial charge in [-0.1, -0.05) is 26.7 Å². The molecule has 0 aromatic carbocycles. The number of carbonyl (C=O) groups excluding carboxylic acids is 2. The maximum atomic E-state index is 12.0. The molecule has 0 bridgehead atoms. The Hall–Kier alpha value is -1.10. The number of nitrogens with one attached hydrogen (secondary N) is 1. The van der Waals surface area contributed by atoms with Gasteiger partial charge in [0, 0.05) is 0 Å². The number of hydrogen-bond acceptors (Lipinski definition) is 3. The van der Waals surface area contributed by atoms with Crippen molar-refractivity contribution < 1.29 is 14.3 Å². The third-order valence-corrected chi connectivity index (χ3v) is 3.69. The molecule has 4 atom stereocenters. The molecule has 1 aliphatic carbocycles. The quantitative estimate of drug-likeness (QED) is 0.764. The van der Waals surface area contributed by atoms with Gasteiger partial charge in [-0.25, -0.2) is 0 Å². The van der Waals surface area contributed by atoms with Gasteiger partial charge in [-0.15, -0.1) is 0 Å². The highest BCUT2D eigenvalue weighted by Gasteiger charge is 2.27. The summed E-state index contributed by atoms with van der Waals surface area (Å²) >= 11 is 0. The molecule has 2 amide bonds. The molecule has 1 aliphatic rings. The Kier molecular flexibility index (Phi) is 6.28. The van der Waals surface area contributed by atoms with Crippen molar-refractivity contribution in [2.45, 2.75) is 71.1 Å². The zero-order valence-electron chi connectivity index (χ0n) is 12.1. The van der Waals surface area contributed by atoms with Crippen LogP contribution in [0.1, 0.15) is 52.9 Å². The fourth-order valence-corrected chi connectivity index (χ4v) is 2.46. The van der Waals surface area contributed by atoms with Gasteiger partial charge in [0.1, 0.15) is 12.1 Å². The first-order valence-electron chi connectivity index (χ1n) is 7.19. The van der Waals surface area contributed by atoms with E-state index < -0.39 is 18.1 Å². The maximum absolute atomic E-state index is 12.0. The molecule has 1 fully saturated rings. The average molecular weight is 270 g/mol. The minimum absolute atomic E-state index is 0.156. The van der Waals surface area contributed by atoms with E-state index in [-0.39, 0.29) is 12.0 Å². The van der Waals surface area contributed by atoms with Gasteiger partial charge in [-0.3, -0.25) is 9.59 Å². The summed E-state index contributed by atoms with van der Waals surface area (Å²) in [6, 6.07) is -0.657. The molecule has 5 heteroatoms. The molecule has 19 heavy (non-hydrogen) atoms. The van der Waals surface area contributed by atoms with Gasteiger partial charge in [0.15, 0.2) is 0 Å². The van der Waals surface area contributed by atoms with Crippen LogP contribution < -0.4 is 11.1 Å². The first-order valence-corrected chi connectivity index (χ1v) is 7.19. The van der Waals surface area contributed by atoms with E-state index in [1.165, 1.54) is 6.42 Å². The third-order valence-electron chi connectivity index (χ3n) is 3.69. The van der Waals surface area contributed by atoms with Crippen LogP contribution in [0.15, 0.2) is 0 Å². The molecule has 0 heterocycles. The molecule has 0 spiro atoms. The van der Waals surface area contributed by atoms with Crippen molar-refractivity contribution in [3.8, 4) is 0 Å². The van der Waals surface area contributed by atoms with Crippen molar-refractivity contribution in [3.63, 3.8) is 0 Å². The summed E-state index contributed by atoms with van der Waals surface area (Å²) in [6.07, 6.45) is 4.68. The van der Waals surface area contributed by atoms with Gasteiger partial charge < -0.3 is 15.8 Å². The van der Waals surface area contributed by atoms with E-state index in [4.69, 9.17) is 10.5 Å². The number of rotatable bonds is 6. The van der Waals surface area contributed by atoms with Crippen LogP contribution in [-0.4, -0.2) is 30.1 Å². The number of hydrogen-bond donors (Lipinski definition) is 2. The normalized spacial score (nSPS) is 26.5. The van der Waals surface area contributed by atoms with Crippen molar-refractivity contribution in [3.05, 3.63) is 0 Å². The zero-order valence-corrected chi connectivity index (χ0v) is 12.1. The highest BCUT2D eigenvalue weighted by Crippen LogP contribution is 2.26. The van der Waals surface area contributed by atoms with Crippen LogP contribution in [0, 0.1) is 5.92 Å². The Bertz CT molecular complexity index is 320. The molecule has 0 saturated heterocycles. The number of carbonyl (C=O) groups is 2. The minimum Gasteiger partial charge on any atom is -0.368 e. The molecular formula is C14H26N2O3. The Morgan fingerprint density at radius 3 is 2.63 bits per heavy atom. The second-order valence-electron chi connectivity index (χ2n) is 5.56.